The van der Waals surface area contributed by atoms with Crippen molar-refractivity contribution in [1.29, 1.82) is 0 Å². The maximum absolute atomic E-state index is 5.77. The number of nitrogens with zero attached hydrogens (tertiary/aromatic N) is 1. The van der Waals surface area contributed by atoms with Gasteiger partial charge in [0.1, 0.15) is 0 Å². The minimum absolute atomic E-state index is 0.378. The molecular formula is C15H30N2O. The van der Waals surface area contributed by atoms with Gasteiger partial charge in [0.2, 0.25) is 0 Å². The molecule has 4 unspecified atom stereocenters. The predicted octanol–water partition coefficient (Wildman–Crippen LogP) is 2.26. The highest BCUT2D eigenvalue weighted by Gasteiger charge is 2.42. The maximum atomic E-state index is 5.77. The van der Waals surface area contributed by atoms with Gasteiger partial charge < -0.3 is 10.1 Å². The molecule has 1 saturated heterocycles. The van der Waals surface area contributed by atoms with Crippen LogP contribution in [0.15, 0.2) is 0 Å². The zero-order valence-electron chi connectivity index (χ0n) is 12.7. The van der Waals surface area contributed by atoms with Gasteiger partial charge in [-0.15, -0.1) is 0 Å². The van der Waals surface area contributed by atoms with Gasteiger partial charge in [-0.1, -0.05) is 20.3 Å². The van der Waals surface area contributed by atoms with Crippen LogP contribution in [0.4, 0.5) is 0 Å². The van der Waals surface area contributed by atoms with Crippen LogP contribution >= 0.6 is 0 Å². The molecule has 1 N–H and O–H groups in total. The van der Waals surface area contributed by atoms with E-state index in [1.165, 1.54) is 19.3 Å². The quantitative estimate of drug-likeness (QED) is 0.818. The van der Waals surface area contributed by atoms with Crippen molar-refractivity contribution in [2.45, 2.75) is 71.2 Å². The summed E-state index contributed by atoms with van der Waals surface area (Å²) in [6, 6.07) is 1.81. The van der Waals surface area contributed by atoms with Crippen molar-refractivity contribution in [3.05, 3.63) is 0 Å². The van der Waals surface area contributed by atoms with Gasteiger partial charge in [0.25, 0.3) is 0 Å². The van der Waals surface area contributed by atoms with Gasteiger partial charge in [0.05, 0.1) is 12.7 Å². The summed E-state index contributed by atoms with van der Waals surface area (Å²) >= 11 is 0. The van der Waals surface area contributed by atoms with Gasteiger partial charge in [-0.05, 0) is 39.2 Å². The second kappa shape index (κ2) is 5.48. The van der Waals surface area contributed by atoms with E-state index in [0.717, 1.165) is 13.2 Å². The molecule has 3 heteroatoms. The third-order valence-electron chi connectivity index (χ3n) is 4.94. The molecule has 0 radical (unpaired) electrons. The van der Waals surface area contributed by atoms with Crippen molar-refractivity contribution in [3.8, 4) is 0 Å². The molecule has 2 rings (SSSR count). The summed E-state index contributed by atoms with van der Waals surface area (Å²) in [5.41, 5.74) is 0.402. The molecule has 2 aliphatic rings. The van der Waals surface area contributed by atoms with E-state index in [0.29, 0.717) is 29.6 Å². The monoisotopic (exact) mass is 254 g/mol. The molecule has 1 saturated carbocycles. The third kappa shape index (κ3) is 2.73. The van der Waals surface area contributed by atoms with Crippen LogP contribution in [0.5, 0.6) is 0 Å². The molecule has 0 aromatic carbocycles. The summed E-state index contributed by atoms with van der Waals surface area (Å²) in [5.74, 6) is 0. The van der Waals surface area contributed by atoms with Crippen LogP contribution in [0.25, 0.3) is 0 Å². The second-order valence-corrected chi connectivity index (χ2v) is 6.90. The third-order valence-corrected chi connectivity index (χ3v) is 4.94. The Morgan fingerprint density at radius 1 is 1.28 bits per heavy atom. The first kappa shape index (κ1) is 14.3. The Labute approximate surface area is 112 Å². The van der Waals surface area contributed by atoms with Gasteiger partial charge in [0.15, 0.2) is 0 Å². The van der Waals surface area contributed by atoms with Gasteiger partial charge in [0, 0.05) is 24.7 Å². The normalized spacial score (nSPS) is 41.8. The molecule has 0 aromatic rings. The van der Waals surface area contributed by atoms with Gasteiger partial charge >= 0.3 is 0 Å². The first-order valence-electron chi connectivity index (χ1n) is 7.50. The average Bonchev–Trinajstić information content (AvgIpc) is 2.31. The lowest BCUT2D eigenvalue weighted by atomic mass is 9.70. The Morgan fingerprint density at radius 2 is 2.00 bits per heavy atom. The highest BCUT2D eigenvalue weighted by Crippen LogP contribution is 2.38. The van der Waals surface area contributed by atoms with Crippen LogP contribution in [0, 0.1) is 5.41 Å². The van der Waals surface area contributed by atoms with Crippen LogP contribution in [0.3, 0.4) is 0 Å². The Hall–Kier alpha value is -0.120. The number of morpholine rings is 1. The van der Waals surface area contributed by atoms with E-state index in [4.69, 9.17) is 4.74 Å². The maximum Gasteiger partial charge on any atom is 0.0674 e. The Kier molecular flexibility index (Phi) is 4.35. The fourth-order valence-corrected chi connectivity index (χ4v) is 3.94. The summed E-state index contributed by atoms with van der Waals surface area (Å²) in [5, 5.41) is 3.59. The van der Waals surface area contributed by atoms with Crippen LogP contribution < -0.4 is 5.32 Å². The molecule has 18 heavy (non-hydrogen) atoms. The number of ether oxygens (including phenoxy) is 1. The molecule has 4 atom stereocenters. The fourth-order valence-electron chi connectivity index (χ4n) is 3.94. The van der Waals surface area contributed by atoms with E-state index >= 15 is 0 Å². The molecule has 0 amide bonds. The summed E-state index contributed by atoms with van der Waals surface area (Å²) in [4.78, 5) is 2.69. The average molecular weight is 254 g/mol. The van der Waals surface area contributed by atoms with Crippen LogP contribution in [-0.2, 0) is 4.74 Å². The van der Waals surface area contributed by atoms with Crippen molar-refractivity contribution >= 4 is 0 Å². The predicted molar refractivity (Wildman–Crippen MR) is 75.8 cm³/mol. The van der Waals surface area contributed by atoms with Crippen molar-refractivity contribution in [3.63, 3.8) is 0 Å². The fraction of sp³-hybridized carbons (Fsp3) is 1.00. The zero-order chi connectivity index (χ0) is 13.3. The van der Waals surface area contributed by atoms with E-state index in [1.54, 1.807) is 0 Å². The van der Waals surface area contributed by atoms with Crippen molar-refractivity contribution < 1.29 is 4.74 Å². The first-order chi connectivity index (χ1) is 8.45. The molecule has 106 valence electrons. The lowest BCUT2D eigenvalue weighted by molar-refractivity contribution is -0.0864. The Morgan fingerprint density at radius 3 is 2.67 bits per heavy atom. The smallest absolute Gasteiger partial charge is 0.0674 e. The van der Waals surface area contributed by atoms with Gasteiger partial charge in [-0.25, -0.2) is 0 Å². The highest BCUT2D eigenvalue weighted by molar-refractivity contribution is 4.99. The lowest BCUT2D eigenvalue weighted by Gasteiger charge is -2.51. The van der Waals surface area contributed by atoms with E-state index < -0.39 is 0 Å². The summed E-state index contributed by atoms with van der Waals surface area (Å²) < 4.78 is 5.77. The van der Waals surface area contributed by atoms with E-state index in [9.17, 15) is 0 Å². The van der Waals surface area contributed by atoms with Crippen LogP contribution in [-0.4, -0.2) is 49.3 Å². The van der Waals surface area contributed by atoms with E-state index in [-0.39, 0.29) is 0 Å². The Balaban J connectivity index is 2.14. The molecule has 1 heterocycles. The summed E-state index contributed by atoms with van der Waals surface area (Å²) in [7, 11) is 2.12. The lowest BCUT2D eigenvalue weighted by Crippen LogP contribution is -2.63. The largest absolute Gasteiger partial charge is 0.376 e. The standard InChI is InChI=1S/C15H30N2O/c1-11-10-18-12(2)9-17(11)13-7-6-8-15(3,4)14(13)16-5/h11-14,16H,6-10H2,1-5H3. The first-order valence-corrected chi connectivity index (χ1v) is 7.50. The molecule has 1 aliphatic carbocycles. The van der Waals surface area contributed by atoms with Gasteiger partial charge in [-0.3, -0.25) is 4.90 Å². The zero-order valence-corrected chi connectivity index (χ0v) is 12.7. The molecule has 0 spiro atoms. The Bertz CT molecular complexity index is 280. The number of hydrogen-bond donors (Lipinski definition) is 1. The van der Waals surface area contributed by atoms with Crippen LogP contribution in [0.2, 0.25) is 0 Å². The highest BCUT2D eigenvalue weighted by atomic mass is 16.5. The molecule has 0 bridgehead atoms. The SMILES string of the molecule is CNC1C(N2CC(C)OCC2C)CCCC1(C)C. The van der Waals surface area contributed by atoms with E-state index in [2.05, 4.69) is 45.0 Å². The minimum Gasteiger partial charge on any atom is -0.376 e. The van der Waals surface area contributed by atoms with Crippen molar-refractivity contribution in [2.75, 3.05) is 20.2 Å². The van der Waals surface area contributed by atoms with Crippen molar-refractivity contribution in [1.82, 2.24) is 10.2 Å². The number of rotatable bonds is 2. The molecule has 0 aromatic heterocycles. The van der Waals surface area contributed by atoms with E-state index in [1.807, 2.05) is 0 Å². The van der Waals surface area contributed by atoms with Crippen molar-refractivity contribution in [2.24, 2.45) is 5.41 Å². The second-order valence-electron chi connectivity index (χ2n) is 6.90. The molecule has 1 aliphatic heterocycles. The number of hydrogen-bond acceptors (Lipinski definition) is 3. The van der Waals surface area contributed by atoms with Gasteiger partial charge in [-0.2, -0.15) is 0 Å². The number of nitrogens with one attached hydrogen (secondary N) is 1. The number of likely N-dealkylation sites (N-methyl/N-ethyl adjacent to an activating group) is 1. The summed E-state index contributed by atoms with van der Waals surface area (Å²) in [6.07, 6.45) is 4.40. The van der Waals surface area contributed by atoms with Crippen LogP contribution in [0.1, 0.15) is 47.0 Å². The minimum atomic E-state index is 0.378. The molecule has 3 nitrogen and oxygen atoms in total. The summed E-state index contributed by atoms with van der Waals surface area (Å²) in [6.45, 7) is 11.3. The topological polar surface area (TPSA) is 24.5 Å². The molecule has 2 fully saturated rings. The molecular weight excluding hydrogens is 224 g/mol.